The highest BCUT2D eigenvalue weighted by molar-refractivity contribution is 6.06. The maximum Gasteiger partial charge on any atom is 0.160 e. The maximum atomic E-state index is 5.29. The molecule has 0 N–H and O–H groups in total. The molecule has 0 radical (unpaired) electrons. The van der Waals surface area contributed by atoms with Crippen LogP contribution in [0.5, 0.6) is 0 Å². The van der Waals surface area contributed by atoms with E-state index in [4.69, 9.17) is 9.97 Å². The zero-order chi connectivity index (χ0) is 41.7. The van der Waals surface area contributed by atoms with Crippen molar-refractivity contribution in [3.05, 3.63) is 259 Å². The molecule has 11 aromatic rings. The second-order valence-corrected chi connectivity index (χ2v) is 16.3. The number of aromatic nitrogens is 3. The fraction of sp³-hybridized carbons (Fsp3) is 0.0167. The third-order valence-corrected chi connectivity index (χ3v) is 12.8. The SMILES string of the molecule is c1ccc(-c2nc(-c3cccc(-c4cccnc4)c3)cc(-c3ccc(-c4ccc5c(c4)C(c4ccccc4)(c4ccccc4)c4cc6ccccc6cc4-5)c4ccccc34)n2)cc1. The van der Waals surface area contributed by atoms with Gasteiger partial charge in [-0.25, -0.2) is 9.97 Å². The Balaban J connectivity index is 1.05. The zero-order valence-corrected chi connectivity index (χ0v) is 34.4. The molecule has 294 valence electrons. The highest BCUT2D eigenvalue weighted by Crippen LogP contribution is 2.57. The van der Waals surface area contributed by atoms with Crippen LogP contribution in [0, 0.1) is 0 Å². The zero-order valence-electron chi connectivity index (χ0n) is 34.4. The Hall–Kier alpha value is -8.27. The lowest BCUT2D eigenvalue weighted by molar-refractivity contribution is 0.770. The molecule has 0 atom stereocenters. The molecule has 0 bridgehead atoms. The van der Waals surface area contributed by atoms with Gasteiger partial charge in [-0.2, -0.15) is 0 Å². The fourth-order valence-electron chi connectivity index (χ4n) is 9.96. The van der Waals surface area contributed by atoms with Gasteiger partial charge in [0.15, 0.2) is 5.82 Å². The average molecular weight is 802 g/mol. The molecule has 0 amide bonds. The number of benzene rings is 9. The lowest BCUT2D eigenvalue weighted by Crippen LogP contribution is -2.28. The average Bonchev–Trinajstić information content (AvgIpc) is 3.65. The number of fused-ring (bicyclic) bond motifs is 5. The summed E-state index contributed by atoms with van der Waals surface area (Å²) in [5.74, 6) is 0.687. The highest BCUT2D eigenvalue weighted by atomic mass is 14.9. The number of rotatable bonds is 7. The lowest BCUT2D eigenvalue weighted by Gasteiger charge is -2.34. The minimum atomic E-state index is -0.525. The first-order valence-corrected chi connectivity index (χ1v) is 21.5. The van der Waals surface area contributed by atoms with Crippen molar-refractivity contribution in [2.75, 3.05) is 0 Å². The molecule has 0 saturated carbocycles. The predicted molar refractivity (Wildman–Crippen MR) is 259 cm³/mol. The molecule has 3 nitrogen and oxygen atoms in total. The van der Waals surface area contributed by atoms with Crippen molar-refractivity contribution >= 4 is 21.5 Å². The van der Waals surface area contributed by atoms with Gasteiger partial charge in [0, 0.05) is 34.6 Å². The molecule has 0 spiro atoms. The minimum absolute atomic E-state index is 0.525. The summed E-state index contributed by atoms with van der Waals surface area (Å²) in [6, 6.07) is 81.1. The first-order chi connectivity index (χ1) is 31.2. The van der Waals surface area contributed by atoms with E-state index >= 15 is 0 Å². The Bertz CT molecular complexity index is 3450. The number of hydrogen-bond donors (Lipinski definition) is 0. The Kier molecular flexibility index (Phi) is 8.72. The molecule has 2 aromatic heterocycles. The van der Waals surface area contributed by atoms with Crippen LogP contribution in [0.1, 0.15) is 22.3 Å². The number of hydrogen-bond acceptors (Lipinski definition) is 3. The minimum Gasteiger partial charge on any atom is -0.264 e. The predicted octanol–water partition coefficient (Wildman–Crippen LogP) is 14.9. The van der Waals surface area contributed by atoms with Crippen molar-refractivity contribution in [1.29, 1.82) is 0 Å². The van der Waals surface area contributed by atoms with Gasteiger partial charge in [-0.1, -0.05) is 188 Å². The van der Waals surface area contributed by atoms with Crippen LogP contribution >= 0.6 is 0 Å². The number of nitrogens with zero attached hydrogens (tertiary/aromatic N) is 3. The second-order valence-electron chi connectivity index (χ2n) is 16.3. The van der Waals surface area contributed by atoms with Gasteiger partial charge in [-0.3, -0.25) is 4.98 Å². The molecule has 3 heteroatoms. The third-order valence-electron chi connectivity index (χ3n) is 12.8. The molecule has 63 heavy (non-hydrogen) atoms. The summed E-state index contributed by atoms with van der Waals surface area (Å²) in [7, 11) is 0. The van der Waals surface area contributed by atoms with Crippen LogP contribution in [0.3, 0.4) is 0 Å². The van der Waals surface area contributed by atoms with E-state index in [2.05, 4.69) is 205 Å². The first-order valence-electron chi connectivity index (χ1n) is 21.5. The van der Waals surface area contributed by atoms with E-state index in [0.717, 1.165) is 44.6 Å². The van der Waals surface area contributed by atoms with Crippen molar-refractivity contribution in [3.8, 4) is 67.3 Å². The van der Waals surface area contributed by atoms with Crippen LogP contribution in [-0.4, -0.2) is 15.0 Å². The molecule has 0 unspecified atom stereocenters. The molecule has 0 fully saturated rings. The standard InChI is InChI=1S/C60H39N3/c1-4-16-40(17-5-1)59-62-57(45-21-14-20-41(34-45)46-22-15-33-61-39-46)38-58(63-59)53-32-31-49(50-27-12-13-28-51(50)53)44-29-30-52-54-35-42-18-10-11-19-43(42)36-56(54)60(55(52)37-44,47-23-6-2-7-24-47)48-25-8-3-9-26-48/h1-39H. The van der Waals surface area contributed by atoms with E-state index in [1.54, 1.807) is 6.20 Å². The lowest BCUT2D eigenvalue weighted by atomic mass is 9.67. The van der Waals surface area contributed by atoms with E-state index in [-0.39, 0.29) is 0 Å². The first kappa shape index (κ1) is 36.6. The summed E-state index contributed by atoms with van der Waals surface area (Å²) < 4.78 is 0. The van der Waals surface area contributed by atoms with Gasteiger partial charge < -0.3 is 0 Å². The molecule has 0 aliphatic heterocycles. The van der Waals surface area contributed by atoms with E-state index in [9.17, 15) is 0 Å². The Morgan fingerprint density at radius 2 is 0.889 bits per heavy atom. The summed E-state index contributed by atoms with van der Waals surface area (Å²) in [5, 5.41) is 4.79. The fourth-order valence-corrected chi connectivity index (χ4v) is 9.96. The number of pyridine rings is 1. The van der Waals surface area contributed by atoms with E-state index in [1.165, 1.54) is 60.7 Å². The van der Waals surface area contributed by atoms with Crippen molar-refractivity contribution < 1.29 is 0 Å². The van der Waals surface area contributed by atoms with Gasteiger partial charge in [0.25, 0.3) is 0 Å². The van der Waals surface area contributed by atoms with E-state index < -0.39 is 5.41 Å². The summed E-state index contributed by atoms with van der Waals surface area (Å²) in [5.41, 5.74) is 16.4. The Labute approximate surface area is 366 Å². The van der Waals surface area contributed by atoms with Crippen LogP contribution in [0.4, 0.5) is 0 Å². The largest absolute Gasteiger partial charge is 0.264 e. The van der Waals surface area contributed by atoms with Gasteiger partial charge in [-0.05, 0) is 108 Å². The Morgan fingerprint density at radius 3 is 1.62 bits per heavy atom. The summed E-state index contributed by atoms with van der Waals surface area (Å²) in [6.07, 6.45) is 3.71. The second kappa shape index (κ2) is 15.0. The molecule has 1 aliphatic rings. The van der Waals surface area contributed by atoms with Crippen molar-refractivity contribution in [2.24, 2.45) is 0 Å². The summed E-state index contributed by atoms with van der Waals surface area (Å²) in [6.45, 7) is 0. The molecule has 9 aromatic carbocycles. The Morgan fingerprint density at radius 1 is 0.317 bits per heavy atom. The quantitative estimate of drug-likeness (QED) is 0.161. The van der Waals surface area contributed by atoms with Crippen molar-refractivity contribution in [3.63, 3.8) is 0 Å². The molecule has 2 heterocycles. The van der Waals surface area contributed by atoms with Crippen molar-refractivity contribution in [2.45, 2.75) is 5.41 Å². The van der Waals surface area contributed by atoms with Crippen LogP contribution in [0.2, 0.25) is 0 Å². The molecule has 0 saturated heterocycles. The normalized spacial score (nSPS) is 12.6. The van der Waals surface area contributed by atoms with Gasteiger partial charge >= 0.3 is 0 Å². The van der Waals surface area contributed by atoms with Crippen LogP contribution < -0.4 is 0 Å². The molecule has 12 rings (SSSR count). The summed E-state index contributed by atoms with van der Waals surface area (Å²) in [4.78, 5) is 14.8. The molecule has 1 aliphatic carbocycles. The van der Waals surface area contributed by atoms with Gasteiger partial charge in [0.2, 0.25) is 0 Å². The smallest absolute Gasteiger partial charge is 0.160 e. The van der Waals surface area contributed by atoms with Crippen LogP contribution in [0.15, 0.2) is 237 Å². The van der Waals surface area contributed by atoms with Crippen LogP contribution in [0.25, 0.3) is 88.8 Å². The van der Waals surface area contributed by atoms with Crippen molar-refractivity contribution in [1.82, 2.24) is 15.0 Å². The van der Waals surface area contributed by atoms with E-state index in [1.807, 2.05) is 30.5 Å². The van der Waals surface area contributed by atoms with Crippen LogP contribution in [-0.2, 0) is 5.41 Å². The van der Waals surface area contributed by atoms with E-state index in [0.29, 0.717) is 5.82 Å². The third kappa shape index (κ3) is 6.08. The van der Waals surface area contributed by atoms with Gasteiger partial charge in [0.05, 0.1) is 16.8 Å². The topological polar surface area (TPSA) is 38.7 Å². The maximum absolute atomic E-state index is 5.29. The monoisotopic (exact) mass is 801 g/mol. The summed E-state index contributed by atoms with van der Waals surface area (Å²) >= 11 is 0. The van der Waals surface area contributed by atoms with Gasteiger partial charge in [0.1, 0.15) is 0 Å². The highest BCUT2D eigenvalue weighted by Gasteiger charge is 2.46. The van der Waals surface area contributed by atoms with Gasteiger partial charge in [-0.15, -0.1) is 0 Å². The molecular formula is C60H39N3. The molecular weight excluding hydrogens is 763 g/mol.